The van der Waals surface area contributed by atoms with Gasteiger partial charge in [-0.1, -0.05) is 55.8 Å². The molecule has 0 atom stereocenters. The molecule has 0 aliphatic rings. The number of thiophene rings is 2. The van der Waals surface area contributed by atoms with Crippen molar-refractivity contribution in [2.24, 2.45) is 0 Å². The molecule has 0 saturated heterocycles. The molecule has 74 heavy (non-hydrogen) atoms. The molecule has 0 bridgehead atoms. The summed E-state index contributed by atoms with van der Waals surface area (Å²) in [5, 5.41) is 14.9. The van der Waals surface area contributed by atoms with Crippen molar-refractivity contribution in [1.82, 2.24) is 29.1 Å². The zero-order chi connectivity index (χ0) is 52.7. The summed E-state index contributed by atoms with van der Waals surface area (Å²) < 4.78 is 35.9. The minimum absolute atomic E-state index is 0.0474. The van der Waals surface area contributed by atoms with Crippen molar-refractivity contribution in [2.75, 3.05) is 27.4 Å². The number of benzene rings is 3. The number of nitrogens with one attached hydrogen (secondary N) is 1. The second-order valence-corrected chi connectivity index (χ2v) is 20.2. The minimum Gasteiger partial charge on any atom is -0.496 e. The van der Waals surface area contributed by atoms with E-state index in [4.69, 9.17) is 35.3 Å². The van der Waals surface area contributed by atoms with E-state index in [1.165, 1.54) is 29.6 Å². The number of hydrogen-bond acceptors (Lipinski definition) is 13. The summed E-state index contributed by atoms with van der Waals surface area (Å²) in [4.78, 5) is 52.0. The molecule has 9 rings (SSSR count). The Labute approximate surface area is 456 Å². The molecule has 0 amide bonds. The lowest BCUT2D eigenvalue weighted by molar-refractivity contribution is 0.0523. The fourth-order valence-corrected chi connectivity index (χ4v) is 10.6. The van der Waals surface area contributed by atoms with Crippen molar-refractivity contribution in [2.45, 2.75) is 65.7 Å². The van der Waals surface area contributed by atoms with E-state index in [0.29, 0.717) is 47.9 Å². The lowest BCUT2D eigenvalue weighted by Crippen LogP contribution is -2.26. The number of unbranched alkanes of at least 4 members (excludes halogenated alkanes) is 1. The van der Waals surface area contributed by atoms with Crippen LogP contribution in [0, 0.1) is 0 Å². The summed E-state index contributed by atoms with van der Waals surface area (Å²) in [5.74, 6) is 1.52. The molecule has 0 unspecified atom stereocenters. The van der Waals surface area contributed by atoms with E-state index < -0.39 is 5.97 Å². The topological polar surface area (TPSA) is 171 Å². The van der Waals surface area contributed by atoms with E-state index in [2.05, 4.69) is 47.2 Å². The van der Waals surface area contributed by atoms with Gasteiger partial charge in [0.25, 0.3) is 11.1 Å². The maximum absolute atomic E-state index is 13.6. The van der Waals surface area contributed by atoms with E-state index in [1.807, 2.05) is 107 Å². The summed E-state index contributed by atoms with van der Waals surface area (Å²) >= 11 is 15.3. The van der Waals surface area contributed by atoms with Crippen LogP contribution in [0.15, 0.2) is 133 Å². The van der Waals surface area contributed by atoms with Crippen LogP contribution >= 0.6 is 66.1 Å². The molecule has 0 spiro atoms. The van der Waals surface area contributed by atoms with Gasteiger partial charge >= 0.3 is 5.97 Å². The molecule has 6 aromatic heterocycles. The fourth-order valence-electron chi connectivity index (χ4n) is 7.71. The normalized spacial score (nSPS) is 10.9. The number of H-pyrrole nitrogens is 1. The molecule has 3 aromatic carbocycles. The molecule has 0 saturated carbocycles. The Morgan fingerprint density at radius 2 is 1.32 bits per heavy atom. The van der Waals surface area contributed by atoms with E-state index in [9.17, 15) is 19.2 Å². The summed E-state index contributed by atoms with van der Waals surface area (Å²) in [6, 6.07) is 25.0. The van der Waals surface area contributed by atoms with Crippen LogP contribution in [0.25, 0.3) is 20.4 Å². The van der Waals surface area contributed by atoms with Crippen LogP contribution in [-0.2, 0) is 36.9 Å². The smallest absolute Gasteiger partial charge is 0.343 e. The monoisotopic (exact) mass is 1190 g/mol. The summed E-state index contributed by atoms with van der Waals surface area (Å²) in [5.41, 5.74) is 6.03. The molecule has 9 aromatic rings. The van der Waals surface area contributed by atoms with Gasteiger partial charge in [-0.3, -0.25) is 33.3 Å². The first kappa shape index (κ1) is 55.2. The first-order valence-corrected chi connectivity index (χ1v) is 27.2. The summed E-state index contributed by atoms with van der Waals surface area (Å²) in [7, 11) is 3.27. The number of carbonyl (C=O) groups is 2. The van der Waals surface area contributed by atoms with Crippen molar-refractivity contribution in [3.63, 3.8) is 0 Å². The van der Waals surface area contributed by atoms with Crippen LogP contribution in [-0.4, -0.2) is 68.3 Å². The highest BCUT2D eigenvalue weighted by Gasteiger charge is 2.26. The standard InChI is InChI=1S/C26H28BrN3O5S.C20H17N3O3S.C8H8BrClO/c1-4-6-10-35-23-22(26(32)34-5-2)24-20(9-11-36-24)30(25(23)31)16-18-13-28-29(15-18)14-17-7-8-19(27)21(12-17)33-3;1-13(24)17-18(26-12-14-5-3-2-4-6-14)20(25)23(11-15-9-21-22-10-15)16-7-8-27-19(16)17;1-11-8-4-6(5-10)2-3-7(8)9/h7-9,11-13,15H,4-6,10,14,16H2,1-3H3;2-10H,11-12H2,1H3,(H,21,22);2-4H,5H2,1H3. The predicted octanol–water partition coefficient (Wildman–Crippen LogP) is 12.3. The fraction of sp³-hybridized carbons (Fsp3) is 0.259. The minimum atomic E-state index is -0.543. The quantitative estimate of drug-likeness (QED) is 0.0354. The number of Topliss-reactive ketones (excluding diaryl/α,β-unsaturated/α-hetero) is 1. The highest BCUT2D eigenvalue weighted by atomic mass is 79.9. The van der Waals surface area contributed by atoms with E-state index in [1.54, 1.807) is 48.9 Å². The van der Waals surface area contributed by atoms with E-state index in [0.717, 1.165) is 71.3 Å². The lowest BCUT2D eigenvalue weighted by atomic mass is 10.1. The van der Waals surface area contributed by atoms with Gasteiger partial charge in [-0.15, -0.1) is 34.3 Å². The largest absolute Gasteiger partial charge is 0.496 e. The maximum atomic E-state index is 13.6. The summed E-state index contributed by atoms with van der Waals surface area (Å²) in [6.45, 7) is 7.23. The van der Waals surface area contributed by atoms with E-state index >= 15 is 0 Å². The number of methoxy groups -OCH3 is 2. The van der Waals surface area contributed by atoms with Gasteiger partial charge in [-0.2, -0.15) is 10.2 Å². The Bertz CT molecular complexity index is 3460. The van der Waals surface area contributed by atoms with Crippen molar-refractivity contribution < 1.29 is 33.3 Å². The Hall–Kier alpha value is -6.51. The van der Waals surface area contributed by atoms with Gasteiger partial charge < -0.3 is 23.7 Å². The number of esters is 1. The maximum Gasteiger partial charge on any atom is 0.343 e. The molecule has 6 heterocycles. The van der Waals surface area contributed by atoms with Crippen molar-refractivity contribution >= 4 is 98.3 Å². The van der Waals surface area contributed by atoms with Crippen LogP contribution in [0.3, 0.4) is 0 Å². The average molecular weight is 1190 g/mol. The Balaban J connectivity index is 0.000000184. The van der Waals surface area contributed by atoms with Gasteiger partial charge in [0.2, 0.25) is 5.75 Å². The third kappa shape index (κ3) is 13.4. The Morgan fingerprint density at radius 1 is 0.716 bits per heavy atom. The number of hydrogen-bond donors (Lipinski definition) is 1. The third-order valence-electron chi connectivity index (χ3n) is 11.3. The van der Waals surface area contributed by atoms with Gasteiger partial charge in [-0.05, 0) is 116 Å². The second kappa shape index (κ2) is 26.6. The van der Waals surface area contributed by atoms with Gasteiger partial charge in [0.1, 0.15) is 23.7 Å². The predicted molar refractivity (Wildman–Crippen MR) is 298 cm³/mol. The molecule has 1 N–H and O–H groups in total. The average Bonchev–Trinajstić information content (AvgIpc) is 4.27. The molecule has 0 aliphatic carbocycles. The number of halogens is 3. The first-order chi connectivity index (χ1) is 35.9. The number of aromatic amines is 1. The molecule has 0 fully saturated rings. The zero-order valence-electron chi connectivity index (χ0n) is 41.2. The summed E-state index contributed by atoms with van der Waals surface area (Å²) in [6.07, 6.45) is 8.76. The highest BCUT2D eigenvalue weighted by Crippen LogP contribution is 2.33. The third-order valence-corrected chi connectivity index (χ3v) is 14.8. The zero-order valence-corrected chi connectivity index (χ0v) is 46.8. The molecule has 15 nitrogen and oxygen atoms in total. The second-order valence-electron chi connectivity index (χ2n) is 16.4. The number of fused-ring (bicyclic) bond motifs is 2. The van der Waals surface area contributed by atoms with Crippen molar-refractivity contribution in [3.05, 3.63) is 183 Å². The number of rotatable bonds is 19. The number of nitrogens with zero attached hydrogens (tertiary/aromatic N) is 5. The molecule has 20 heteroatoms. The highest BCUT2D eigenvalue weighted by molar-refractivity contribution is 9.11. The van der Waals surface area contributed by atoms with Gasteiger partial charge in [-0.25, -0.2) is 4.79 Å². The van der Waals surface area contributed by atoms with Crippen molar-refractivity contribution in [3.8, 4) is 23.0 Å². The van der Waals surface area contributed by atoms with Gasteiger partial charge in [0.15, 0.2) is 11.5 Å². The lowest BCUT2D eigenvalue weighted by Gasteiger charge is -2.15. The van der Waals surface area contributed by atoms with Crippen LogP contribution in [0.2, 0.25) is 0 Å². The Kier molecular flexibility index (Phi) is 19.9. The molecule has 0 aliphatic heterocycles. The van der Waals surface area contributed by atoms with Crippen LogP contribution < -0.4 is 30.1 Å². The van der Waals surface area contributed by atoms with Crippen LogP contribution in [0.5, 0.6) is 23.0 Å². The number of alkyl halides is 1. The van der Waals surface area contributed by atoms with Crippen LogP contribution in [0.4, 0.5) is 0 Å². The van der Waals surface area contributed by atoms with Gasteiger partial charge in [0, 0.05) is 29.4 Å². The number of carbonyl (C=O) groups excluding carboxylic acids is 2. The number of ether oxygens (including phenoxy) is 5. The number of ketones is 1. The Morgan fingerprint density at radius 3 is 1.91 bits per heavy atom. The molecule has 386 valence electrons. The molecular formula is C54H53Br2ClN6O9S2. The number of pyridine rings is 2. The molecular weight excluding hydrogens is 1140 g/mol. The number of aromatic nitrogens is 6. The van der Waals surface area contributed by atoms with Crippen molar-refractivity contribution in [1.29, 1.82) is 0 Å². The SMILES string of the molecule is CC(=O)c1c(OCc2ccccc2)c(=O)n(Cc2cn[nH]c2)c2ccsc12.CCCCOc1c(C(=O)OCC)c2sccc2n(Cc2cnn(Cc3ccc(Br)c(OC)c3)c2)c1=O.COc1cc(CCl)ccc1Br. The van der Waals surface area contributed by atoms with E-state index in [-0.39, 0.29) is 47.2 Å². The first-order valence-electron chi connectivity index (χ1n) is 23.3. The van der Waals surface area contributed by atoms with Gasteiger partial charge in [0.05, 0.1) is 94.4 Å². The van der Waals surface area contributed by atoms with Crippen LogP contribution in [0.1, 0.15) is 82.1 Å². The molecule has 0 radical (unpaired) electrons.